The number of urea groups is 1. The van der Waals surface area contributed by atoms with E-state index in [1.807, 2.05) is 4.72 Å². The number of carbonyl (C=O) groups is 1. The lowest BCUT2D eigenvalue weighted by Crippen LogP contribution is -2.48. The van der Waals surface area contributed by atoms with Crippen LogP contribution < -0.4 is 15.4 Å². The van der Waals surface area contributed by atoms with Gasteiger partial charge >= 0.3 is 12.2 Å². The molecule has 1 aliphatic heterocycles. The fourth-order valence-corrected chi connectivity index (χ4v) is 6.29. The molecule has 2 aromatic rings. The lowest BCUT2D eigenvalue weighted by molar-refractivity contribution is -0.139. The van der Waals surface area contributed by atoms with E-state index in [0.29, 0.717) is 12.1 Å². The molecule has 0 bridgehead atoms. The van der Waals surface area contributed by atoms with E-state index in [4.69, 9.17) is 0 Å². The van der Waals surface area contributed by atoms with Crippen LogP contribution in [0.4, 0.5) is 18.0 Å². The first-order valence-corrected chi connectivity index (χ1v) is 14.0. The Bertz CT molecular complexity index is 1290. The number of likely N-dealkylation sites (N-methyl/N-ethyl adjacent to an activating group) is 1. The average molecular weight is 585 g/mol. The van der Waals surface area contributed by atoms with Crippen molar-refractivity contribution in [1.82, 2.24) is 20.3 Å². The molecule has 206 valence electrons. The van der Waals surface area contributed by atoms with Crippen LogP contribution in [0.25, 0.3) is 0 Å². The van der Waals surface area contributed by atoms with Crippen LogP contribution in [0.3, 0.4) is 0 Å². The third-order valence-electron chi connectivity index (χ3n) is 5.66. The minimum absolute atomic E-state index is 0. The monoisotopic (exact) mass is 584 g/mol. The number of hydrogen-bond donors (Lipinski definition) is 3. The molecule has 2 amide bonds. The molecule has 0 radical (unpaired) electrons. The summed E-state index contributed by atoms with van der Waals surface area (Å²) in [6.45, 7) is 1.01. The Morgan fingerprint density at radius 1 is 1.03 bits per heavy atom. The van der Waals surface area contributed by atoms with E-state index in [2.05, 4.69) is 10.6 Å². The molecule has 3 rings (SSSR count). The number of piperidine rings is 1. The molecule has 9 nitrogen and oxygen atoms in total. The van der Waals surface area contributed by atoms with E-state index in [1.54, 1.807) is 6.07 Å². The van der Waals surface area contributed by atoms with Gasteiger partial charge in [0.1, 0.15) is 0 Å². The van der Waals surface area contributed by atoms with Crippen LogP contribution >= 0.6 is 12.4 Å². The SMILES string of the molecule is CN(CCNS(=O)(=O)c1cc(S(=O)(=O)c2ccccc2)ccc1C(F)(F)F)C(=O)NC1CCNCC1.Cl. The number of nitrogens with one attached hydrogen (secondary N) is 3. The summed E-state index contributed by atoms with van der Waals surface area (Å²) in [5.74, 6) is 0. The van der Waals surface area contributed by atoms with Crippen molar-refractivity contribution in [2.45, 2.75) is 39.7 Å². The summed E-state index contributed by atoms with van der Waals surface area (Å²) < 4.78 is 94.3. The highest BCUT2D eigenvalue weighted by atomic mass is 35.5. The van der Waals surface area contributed by atoms with Crippen LogP contribution in [-0.4, -0.2) is 67.0 Å². The third kappa shape index (κ3) is 7.80. The van der Waals surface area contributed by atoms with Crippen LogP contribution in [0.5, 0.6) is 0 Å². The molecular weight excluding hydrogens is 557 g/mol. The Morgan fingerprint density at radius 3 is 2.24 bits per heavy atom. The van der Waals surface area contributed by atoms with Gasteiger partial charge in [-0.15, -0.1) is 12.4 Å². The van der Waals surface area contributed by atoms with Gasteiger partial charge in [-0.2, -0.15) is 13.2 Å². The molecule has 1 aliphatic rings. The zero-order valence-corrected chi connectivity index (χ0v) is 22.2. The molecule has 15 heteroatoms. The zero-order chi connectivity index (χ0) is 26.6. The van der Waals surface area contributed by atoms with Crippen LogP contribution in [0.15, 0.2) is 63.2 Å². The van der Waals surface area contributed by atoms with Crippen molar-refractivity contribution < 1.29 is 34.8 Å². The molecule has 1 fully saturated rings. The summed E-state index contributed by atoms with van der Waals surface area (Å²) in [6, 6.07) is 8.15. The summed E-state index contributed by atoms with van der Waals surface area (Å²) in [4.78, 5) is 11.5. The van der Waals surface area contributed by atoms with E-state index >= 15 is 0 Å². The van der Waals surface area contributed by atoms with Crippen molar-refractivity contribution in [3.8, 4) is 0 Å². The van der Waals surface area contributed by atoms with Gasteiger partial charge in [0.15, 0.2) is 0 Å². The van der Waals surface area contributed by atoms with Gasteiger partial charge in [0.05, 0.1) is 20.2 Å². The first-order chi connectivity index (χ1) is 16.8. The van der Waals surface area contributed by atoms with E-state index < -0.39 is 47.4 Å². The second-order valence-electron chi connectivity index (χ2n) is 8.27. The Hall–Kier alpha value is -2.39. The van der Waals surface area contributed by atoms with Gasteiger partial charge in [0.2, 0.25) is 19.9 Å². The molecule has 0 spiro atoms. The minimum Gasteiger partial charge on any atom is -0.335 e. The molecule has 0 unspecified atom stereocenters. The molecule has 0 saturated carbocycles. The lowest BCUT2D eigenvalue weighted by Gasteiger charge is -2.26. The summed E-state index contributed by atoms with van der Waals surface area (Å²) in [5.41, 5.74) is -1.50. The largest absolute Gasteiger partial charge is 0.417 e. The Labute approximate surface area is 220 Å². The van der Waals surface area contributed by atoms with E-state index in [0.717, 1.165) is 32.0 Å². The lowest BCUT2D eigenvalue weighted by atomic mass is 10.1. The maximum atomic E-state index is 13.6. The number of sulfonamides is 1. The molecule has 1 saturated heterocycles. The van der Waals surface area contributed by atoms with Crippen molar-refractivity contribution in [2.24, 2.45) is 0 Å². The predicted octanol–water partition coefficient (Wildman–Crippen LogP) is 2.63. The number of sulfone groups is 1. The van der Waals surface area contributed by atoms with E-state index in [9.17, 15) is 34.8 Å². The second-order valence-corrected chi connectivity index (χ2v) is 12.0. The highest BCUT2D eigenvalue weighted by molar-refractivity contribution is 7.91. The van der Waals surface area contributed by atoms with Gasteiger partial charge in [-0.25, -0.2) is 26.4 Å². The van der Waals surface area contributed by atoms with Crippen molar-refractivity contribution in [3.63, 3.8) is 0 Å². The van der Waals surface area contributed by atoms with Crippen molar-refractivity contribution in [2.75, 3.05) is 33.2 Å². The van der Waals surface area contributed by atoms with Crippen molar-refractivity contribution >= 4 is 38.3 Å². The Kier molecular flexibility index (Phi) is 10.4. The minimum atomic E-state index is -5.05. The standard InChI is InChI=1S/C22H27F3N4O5S2.ClH/c1-29(21(30)28-16-9-11-26-12-10-16)14-13-27-36(33,34)20-15-18(7-8-19(20)22(23,24)25)35(31,32)17-5-3-2-4-6-17;/h2-8,15-16,26-27H,9-14H2,1H3,(H,28,30);1H. The van der Waals surface area contributed by atoms with Crippen LogP contribution in [0.1, 0.15) is 18.4 Å². The number of hydrogen-bond acceptors (Lipinski definition) is 6. The topological polar surface area (TPSA) is 125 Å². The number of carbonyl (C=O) groups excluding carboxylic acids is 1. The quantitative estimate of drug-likeness (QED) is 0.438. The smallest absolute Gasteiger partial charge is 0.335 e. The number of nitrogens with zero attached hydrogens (tertiary/aromatic N) is 1. The summed E-state index contributed by atoms with van der Waals surface area (Å²) in [7, 11) is -7.63. The number of alkyl halides is 3. The number of rotatable bonds is 8. The average Bonchev–Trinajstić information content (AvgIpc) is 2.84. The molecular formula is C22H28ClF3N4O5S2. The summed E-state index contributed by atoms with van der Waals surface area (Å²) in [5, 5.41) is 5.98. The number of halogens is 4. The van der Waals surface area contributed by atoms with Crippen molar-refractivity contribution in [1.29, 1.82) is 0 Å². The molecule has 37 heavy (non-hydrogen) atoms. The fourth-order valence-electron chi connectivity index (χ4n) is 3.64. The normalized spacial score (nSPS) is 15.0. The molecule has 0 aliphatic carbocycles. The fraction of sp³-hybridized carbons (Fsp3) is 0.409. The highest BCUT2D eigenvalue weighted by Gasteiger charge is 2.38. The highest BCUT2D eigenvalue weighted by Crippen LogP contribution is 2.36. The number of benzene rings is 2. The van der Waals surface area contributed by atoms with Gasteiger partial charge < -0.3 is 15.5 Å². The van der Waals surface area contributed by atoms with Crippen molar-refractivity contribution in [3.05, 3.63) is 54.1 Å². The zero-order valence-electron chi connectivity index (χ0n) is 19.8. The first kappa shape index (κ1) is 30.8. The number of amides is 2. The van der Waals surface area contributed by atoms with Gasteiger partial charge in [-0.1, -0.05) is 18.2 Å². The van der Waals surface area contributed by atoms with Gasteiger partial charge in [0, 0.05) is 26.2 Å². The summed E-state index contributed by atoms with van der Waals surface area (Å²) >= 11 is 0. The molecule has 2 aromatic carbocycles. The maximum Gasteiger partial charge on any atom is 0.417 e. The maximum absolute atomic E-state index is 13.6. The van der Waals surface area contributed by atoms with E-state index in [-0.39, 0.29) is 36.4 Å². The predicted molar refractivity (Wildman–Crippen MR) is 133 cm³/mol. The van der Waals surface area contributed by atoms with E-state index in [1.165, 1.54) is 36.2 Å². The van der Waals surface area contributed by atoms with Crippen LogP contribution in [-0.2, 0) is 26.0 Å². The van der Waals surface area contributed by atoms with Crippen LogP contribution in [0, 0.1) is 0 Å². The Morgan fingerprint density at radius 2 is 1.65 bits per heavy atom. The molecule has 1 heterocycles. The van der Waals surface area contributed by atoms with Gasteiger partial charge in [0.25, 0.3) is 0 Å². The first-order valence-electron chi connectivity index (χ1n) is 11.1. The van der Waals surface area contributed by atoms with Gasteiger partial charge in [-0.05, 0) is 56.3 Å². The Balaban J connectivity index is 0.00000481. The van der Waals surface area contributed by atoms with Crippen LogP contribution in [0.2, 0.25) is 0 Å². The molecule has 0 atom stereocenters. The third-order valence-corrected chi connectivity index (χ3v) is 8.93. The second kappa shape index (κ2) is 12.4. The summed E-state index contributed by atoms with van der Waals surface area (Å²) in [6.07, 6.45) is -3.56. The molecule has 3 N–H and O–H groups in total. The molecule has 0 aromatic heterocycles. The van der Waals surface area contributed by atoms with Gasteiger partial charge in [-0.3, -0.25) is 0 Å².